The van der Waals surface area contributed by atoms with Crippen LogP contribution in [0.1, 0.15) is 24.5 Å². The van der Waals surface area contributed by atoms with Crippen LogP contribution in [-0.4, -0.2) is 29.8 Å². The highest BCUT2D eigenvalue weighted by Gasteiger charge is 2.40. The first-order valence-electron chi connectivity index (χ1n) is 9.57. The second-order valence-corrected chi connectivity index (χ2v) is 7.32. The van der Waals surface area contributed by atoms with Crippen LogP contribution in [0.2, 0.25) is 0 Å². The molecule has 0 aliphatic carbocycles. The Morgan fingerprint density at radius 1 is 1.31 bits per heavy atom. The molecule has 2 aromatic carbocycles. The molecular formula is C21H20FN3O4. The second kappa shape index (κ2) is 7.27. The van der Waals surface area contributed by atoms with E-state index in [2.05, 4.69) is 0 Å². The molecule has 2 amide bonds. The van der Waals surface area contributed by atoms with E-state index in [4.69, 9.17) is 0 Å². The van der Waals surface area contributed by atoms with Crippen molar-refractivity contribution in [3.8, 4) is 0 Å². The highest BCUT2D eigenvalue weighted by atomic mass is 19.1. The molecule has 0 saturated carbocycles. The Morgan fingerprint density at radius 3 is 2.83 bits per heavy atom. The van der Waals surface area contributed by atoms with Crippen molar-refractivity contribution >= 4 is 28.9 Å². The number of halogens is 1. The monoisotopic (exact) mass is 397 g/mol. The lowest BCUT2D eigenvalue weighted by Gasteiger charge is -2.23. The number of carbonyl (C=O) groups excluding carboxylic acids is 2. The number of aryl methyl sites for hydroxylation is 1. The van der Waals surface area contributed by atoms with Gasteiger partial charge in [0.25, 0.3) is 0 Å². The third kappa shape index (κ3) is 3.24. The maximum atomic E-state index is 13.6. The summed E-state index contributed by atoms with van der Waals surface area (Å²) < 4.78 is 13.6. The Morgan fingerprint density at radius 2 is 2.10 bits per heavy atom. The number of para-hydroxylation sites is 1. The zero-order valence-corrected chi connectivity index (χ0v) is 15.9. The molecule has 0 bridgehead atoms. The molecule has 2 aromatic rings. The molecule has 2 aliphatic heterocycles. The zero-order valence-electron chi connectivity index (χ0n) is 15.9. The smallest absolute Gasteiger partial charge is 0.306 e. The van der Waals surface area contributed by atoms with Gasteiger partial charge in [-0.05, 0) is 36.1 Å². The number of nitro benzene ring substituents is 1. The van der Waals surface area contributed by atoms with Gasteiger partial charge in [0.2, 0.25) is 17.6 Å². The fourth-order valence-corrected chi connectivity index (χ4v) is 4.19. The predicted octanol–water partition coefficient (Wildman–Crippen LogP) is 3.24. The Balaban J connectivity index is 1.58. The molecule has 2 aliphatic rings. The molecule has 29 heavy (non-hydrogen) atoms. The van der Waals surface area contributed by atoms with E-state index in [0.29, 0.717) is 6.54 Å². The van der Waals surface area contributed by atoms with Crippen molar-refractivity contribution in [3.05, 3.63) is 63.5 Å². The van der Waals surface area contributed by atoms with Crippen LogP contribution in [0.3, 0.4) is 0 Å². The van der Waals surface area contributed by atoms with Gasteiger partial charge < -0.3 is 9.80 Å². The summed E-state index contributed by atoms with van der Waals surface area (Å²) in [5.74, 6) is -1.91. The third-order valence-electron chi connectivity index (χ3n) is 5.64. The lowest BCUT2D eigenvalue weighted by Crippen LogP contribution is -2.36. The van der Waals surface area contributed by atoms with Gasteiger partial charge in [-0.1, -0.05) is 25.1 Å². The van der Waals surface area contributed by atoms with E-state index in [1.165, 1.54) is 11.0 Å². The van der Waals surface area contributed by atoms with E-state index in [1.807, 2.05) is 25.1 Å². The molecule has 0 spiro atoms. The van der Waals surface area contributed by atoms with Crippen LogP contribution in [0, 0.1) is 21.8 Å². The van der Waals surface area contributed by atoms with Gasteiger partial charge >= 0.3 is 5.69 Å². The number of nitro groups is 1. The van der Waals surface area contributed by atoms with Crippen LogP contribution in [0.25, 0.3) is 0 Å². The number of amides is 2. The number of fused-ring (bicyclic) bond motifs is 1. The predicted molar refractivity (Wildman–Crippen MR) is 105 cm³/mol. The molecule has 2 heterocycles. The fraction of sp³-hybridized carbons (Fsp3) is 0.333. The van der Waals surface area contributed by atoms with Crippen molar-refractivity contribution in [2.24, 2.45) is 5.92 Å². The summed E-state index contributed by atoms with van der Waals surface area (Å²) in [6.45, 7) is 2.75. The van der Waals surface area contributed by atoms with E-state index in [-0.39, 0.29) is 30.5 Å². The van der Waals surface area contributed by atoms with Crippen molar-refractivity contribution in [1.82, 2.24) is 0 Å². The van der Waals surface area contributed by atoms with E-state index in [1.54, 1.807) is 4.90 Å². The normalized spacial score (nSPS) is 18.3. The molecule has 0 radical (unpaired) electrons. The lowest BCUT2D eigenvalue weighted by molar-refractivity contribution is -0.387. The maximum Gasteiger partial charge on any atom is 0.306 e. The van der Waals surface area contributed by atoms with Gasteiger partial charge in [0.1, 0.15) is 0 Å². The molecule has 1 saturated heterocycles. The molecule has 1 fully saturated rings. The van der Waals surface area contributed by atoms with Gasteiger partial charge in [0.05, 0.1) is 22.2 Å². The Bertz CT molecular complexity index is 1020. The van der Waals surface area contributed by atoms with E-state index < -0.39 is 22.3 Å². The molecule has 7 nitrogen and oxygen atoms in total. The van der Waals surface area contributed by atoms with Crippen LogP contribution >= 0.6 is 0 Å². The number of benzene rings is 2. The largest absolute Gasteiger partial charge is 0.311 e. The summed E-state index contributed by atoms with van der Waals surface area (Å²) >= 11 is 0. The van der Waals surface area contributed by atoms with Crippen LogP contribution in [0.5, 0.6) is 0 Å². The standard InChI is InChI=1S/C21H20FN3O4/c1-2-13-4-3-5-14-8-9-23(20(13)14)21(27)15-10-19(26)24(12-15)16-6-7-17(22)18(11-16)25(28)29/h3-7,11,15H,2,8-10,12H2,1H3. The Labute approximate surface area is 166 Å². The molecular weight excluding hydrogens is 377 g/mol. The van der Waals surface area contributed by atoms with Crippen LogP contribution in [-0.2, 0) is 22.4 Å². The first kappa shape index (κ1) is 19.0. The minimum atomic E-state index is -0.959. The number of carbonyl (C=O) groups is 2. The Hall–Kier alpha value is -3.29. The first-order chi connectivity index (χ1) is 13.9. The van der Waals surface area contributed by atoms with Gasteiger partial charge in [0, 0.05) is 25.6 Å². The molecule has 0 N–H and O–H groups in total. The molecule has 0 aromatic heterocycles. The fourth-order valence-electron chi connectivity index (χ4n) is 4.19. The van der Waals surface area contributed by atoms with Crippen molar-refractivity contribution < 1.29 is 18.9 Å². The highest BCUT2D eigenvalue weighted by molar-refractivity contribution is 6.05. The molecule has 1 unspecified atom stereocenters. The summed E-state index contributed by atoms with van der Waals surface area (Å²) in [5.41, 5.74) is 2.72. The van der Waals surface area contributed by atoms with Gasteiger partial charge in [-0.3, -0.25) is 19.7 Å². The van der Waals surface area contributed by atoms with Crippen LogP contribution in [0.4, 0.5) is 21.5 Å². The number of hydrogen-bond acceptors (Lipinski definition) is 4. The van der Waals surface area contributed by atoms with Crippen LogP contribution < -0.4 is 9.80 Å². The van der Waals surface area contributed by atoms with E-state index in [0.717, 1.165) is 41.8 Å². The summed E-state index contributed by atoms with van der Waals surface area (Å²) in [6, 6.07) is 9.36. The highest BCUT2D eigenvalue weighted by Crippen LogP contribution is 2.36. The topological polar surface area (TPSA) is 83.8 Å². The third-order valence-corrected chi connectivity index (χ3v) is 5.64. The molecule has 4 rings (SSSR count). The number of hydrogen-bond donors (Lipinski definition) is 0. The first-order valence-corrected chi connectivity index (χ1v) is 9.57. The average Bonchev–Trinajstić information content (AvgIpc) is 3.31. The maximum absolute atomic E-state index is 13.6. The van der Waals surface area contributed by atoms with Gasteiger partial charge in [-0.2, -0.15) is 4.39 Å². The van der Waals surface area contributed by atoms with Crippen molar-refractivity contribution in [2.75, 3.05) is 22.9 Å². The van der Waals surface area contributed by atoms with Gasteiger partial charge in [-0.25, -0.2) is 0 Å². The minimum Gasteiger partial charge on any atom is -0.311 e. The van der Waals surface area contributed by atoms with Crippen molar-refractivity contribution in [3.63, 3.8) is 0 Å². The molecule has 8 heteroatoms. The number of anilines is 2. The summed E-state index contributed by atoms with van der Waals surface area (Å²) in [6.07, 6.45) is 1.62. The second-order valence-electron chi connectivity index (χ2n) is 7.32. The quantitative estimate of drug-likeness (QED) is 0.586. The Kier molecular flexibility index (Phi) is 4.77. The molecule has 150 valence electrons. The number of nitrogens with zero attached hydrogens (tertiary/aromatic N) is 3. The number of rotatable bonds is 4. The summed E-state index contributed by atoms with van der Waals surface area (Å²) in [4.78, 5) is 39.0. The SMILES string of the molecule is CCc1cccc2c1N(C(=O)C1CC(=O)N(c3ccc(F)c([N+](=O)[O-])c3)C1)CC2. The summed E-state index contributed by atoms with van der Waals surface area (Å²) in [7, 11) is 0. The summed E-state index contributed by atoms with van der Waals surface area (Å²) in [5, 5.41) is 11.0. The van der Waals surface area contributed by atoms with Crippen molar-refractivity contribution in [1.29, 1.82) is 0 Å². The van der Waals surface area contributed by atoms with Gasteiger partial charge in [0.15, 0.2) is 0 Å². The average molecular weight is 397 g/mol. The van der Waals surface area contributed by atoms with Crippen molar-refractivity contribution in [2.45, 2.75) is 26.2 Å². The molecule has 1 atom stereocenters. The minimum absolute atomic E-state index is 0.0319. The van der Waals surface area contributed by atoms with E-state index in [9.17, 15) is 24.1 Å². The van der Waals surface area contributed by atoms with E-state index >= 15 is 0 Å². The van der Waals surface area contributed by atoms with Crippen LogP contribution in [0.15, 0.2) is 36.4 Å². The lowest BCUT2D eigenvalue weighted by atomic mass is 10.0. The zero-order chi connectivity index (χ0) is 20.7. The van der Waals surface area contributed by atoms with Gasteiger partial charge in [-0.15, -0.1) is 0 Å².